The fourth-order valence-electron chi connectivity index (χ4n) is 1.48. The Morgan fingerprint density at radius 1 is 1.18 bits per heavy atom. The first-order valence-corrected chi connectivity index (χ1v) is 6.41. The summed E-state index contributed by atoms with van der Waals surface area (Å²) in [5.41, 5.74) is 1.10. The molecule has 2 aromatic rings. The van der Waals surface area contributed by atoms with Crippen LogP contribution in [0.4, 0.5) is 5.82 Å². The number of nitrogens with zero attached hydrogens (tertiary/aromatic N) is 2. The molecule has 2 rings (SSSR count). The van der Waals surface area contributed by atoms with E-state index in [1.807, 2.05) is 25.1 Å². The maximum atomic E-state index is 4.33. The van der Waals surface area contributed by atoms with E-state index in [9.17, 15) is 0 Å². The van der Waals surface area contributed by atoms with Crippen molar-refractivity contribution in [3.05, 3.63) is 42.2 Å². The highest BCUT2D eigenvalue weighted by atomic mass is 32.2. The topological polar surface area (TPSA) is 37.8 Å². The van der Waals surface area contributed by atoms with Gasteiger partial charge in [0.15, 0.2) is 0 Å². The third-order valence-electron chi connectivity index (χ3n) is 2.34. The number of hydrogen-bond donors (Lipinski definition) is 1. The highest BCUT2D eigenvalue weighted by molar-refractivity contribution is 7.99. The maximum absolute atomic E-state index is 4.33. The predicted octanol–water partition coefficient (Wildman–Crippen LogP) is 3.37. The first-order valence-electron chi connectivity index (χ1n) is 5.59. The highest BCUT2D eigenvalue weighted by Crippen LogP contribution is 2.30. The van der Waals surface area contributed by atoms with Crippen LogP contribution in [0, 0.1) is 6.92 Å². The number of rotatable bonds is 4. The Hall–Kier alpha value is -1.55. The van der Waals surface area contributed by atoms with Crippen LogP contribution >= 0.6 is 11.8 Å². The summed E-state index contributed by atoms with van der Waals surface area (Å²) in [5.74, 6) is 0.918. The van der Waals surface area contributed by atoms with Gasteiger partial charge in [-0.1, -0.05) is 30.0 Å². The Morgan fingerprint density at radius 2 is 1.94 bits per heavy atom. The van der Waals surface area contributed by atoms with Crippen molar-refractivity contribution in [2.24, 2.45) is 0 Å². The first-order chi connectivity index (χ1) is 8.31. The molecule has 17 heavy (non-hydrogen) atoms. The molecule has 0 radical (unpaired) electrons. The van der Waals surface area contributed by atoms with Gasteiger partial charge in [-0.15, -0.1) is 0 Å². The van der Waals surface area contributed by atoms with Gasteiger partial charge in [-0.2, -0.15) is 0 Å². The molecule has 0 unspecified atom stereocenters. The molecule has 0 atom stereocenters. The summed E-state index contributed by atoms with van der Waals surface area (Å²) in [6.07, 6.45) is 1.61. The largest absolute Gasteiger partial charge is 0.370 e. The van der Waals surface area contributed by atoms with Crippen LogP contribution in [0.2, 0.25) is 0 Å². The van der Waals surface area contributed by atoms with E-state index in [2.05, 4.69) is 34.3 Å². The molecule has 0 aliphatic heterocycles. The molecule has 1 heterocycles. The van der Waals surface area contributed by atoms with Crippen molar-refractivity contribution in [2.45, 2.75) is 23.8 Å². The normalized spacial score (nSPS) is 10.2. The van der Waals surface area contributed by atoms with E-state index in [0.29, 0.717) is 0 Å². The van der Waals surface area contributed by atoms with E-state index in [1.54, 1.807) is 18.1 Å². The minimum atomic E-state index is 0.868. The van der Waals surface area contributed by atoms with Crippen molar-refractivity contribution < 1.29 is 0 Å². The Morgan fingerprint density at radius 3 is 2.65 bits per heavy atom. The van der Waals surface area contributed by atoms with Crippen molar-refractivity contribution in [1.82, 2.24) is 9.97 Å². The molecule has 0 spiro atoms. The molecule has 0 amide bonds. The summed E-state index contributed by atoms with van der Waals surface area (Å²) in [4.78, 5) is 9.75. The highest BCUT2D eigenvalue weighted by Gasteiger charge is 2.07. The van der Waals surface area contributed by atoms with Crippen molar-refractivity contribution >= 4 is 17.6 Å². The lowest BCUT2D eigenvalue weighted by atomic mass is 10.3. The zero-order valence-electron chi connectivity index (χ0n) is 9.97. The van der Waals surface area contributed by atoms with Crippen LogP contribution < -0.4 is 5.32 Å². The van der Waals surface area contributed by atoms with Crippen LogP contribution in [0.3, 0.4) is 0 Å². The molecule has 1 N–H and O–H groups in total. The molecule has 0 aliphatic rings. The monoisotopic (exact) mass is 245 g/mol. The van der Waals surface area contributed by atoms with Gasteiger partial charge in [0.25, 0.3) is 0 Å². The number of benzene rings is 1. The van der Waals surface area contributed by atoms with Crippen LogP contribution in [-0.4, -0.2) is 16.5 Å². The number of aromatic nitrogens is 2. The lowest BCUT2D eigenvalue weighted by Crippen LogP contribution is -2.03. The minimum Gasteiger partial charge on any atom is -0.370 e. The van der Waals surface area contributed by atoms with Gasteiger partial charge in [-0.3, -0.25) is 0 Å². The average molecular weight is 245 g/mol. The Kier molecular flexibility index (Phi) is 3.98. The molecule has 4 heteroatoms. The maximum Gasteiger partial charge on any atom is 0.133 e. The van der Waals surface area contributed by atoms with E-state index in [1.165, 1.54) is 4.90 Å². The summed E-state index contributed by atoms with van der Waals surface area (Å²) in [7, 11) is 0. The molecule has 0 bridgehead atoms. The van der Waals surface area contributed by atoms with Crippen LogP contribution in [-0.2, 0) is 0 Å². The van der Waals surface area contributed by atoms with Gasteiger partial charge in [0, 0.05) is 17.0 Å². The second kappa shape index (κ2) is 5.68. The lowest BCUT2D eigenvalue weighted by molar-refractivity contribution is 0.990. The number of anilines is 1. The summed E-state index contributed by atoms with van der Waals surface area (Å²) in [5, 5.41) is 4.24. The zero-order chi connectivity index (χ0) is 12.1. The van der Waals surface area contributed by atoms with E-state index < -0.39 is 0 Å². The summed E-state index contributed by atoms with van der Waals surface area (Å²) in [6, 6.07) is 10.2. The quantitative estimate of drug-likeness (QED) is 0.838. The molecular formula is C13H15N3S. The summed E-state index contributed by atoms with van der Waals surface area (Å²) >= 11 is 1.66. The second-order valence-electron chi connectivity index (χ2n) is 3.60. The molecule has 0 saturated heterocycles. The van der Waals surface area contributed by atoms with Crippen LogP contribution in [0.1, 0.15) is 12.5 Å². The zero-order valence-corrected chi connectivity index (χ0v) is 10.8. The Labute approximate surface area is 106 Å². The fourth-order valence-corrected chi connectivity index (χ4v) is 2.35. The standard InChI is InChI=1S/C13H15N3S/c1-3-14-12-10(2)13(16-9-15-12)17-11-7-5-4-6-8-11/h4-9H,3H2,1-2H3,(H,14,15,16). The van der Waals surface area contributed by atoms with Gasteiger partial charge < -0.3 is 5.32 Å². The van der Waals surface area contributed by atoms with Gasteiger partial charge in [-0.25, -0.2) is 9.97 Å². The Bertz CT molecular complexity index is 485. The molecule has 1 aromatic heterocycles. The molecule has 3 nitrogen and oxygen atoms in total. The van der Waals surface area contributed by atoms with Gasteiger partial charge in [0.2, 0.25) is 0 Å². The molecule has 0 saturated carbocycles. The molecule has 0 fully saturated rings. The van der Waals surface area contributed by atoms with E-state index in [4.69, 9.17) is 0 Å². The average Bonchev–Trinajstić information content (AvgIpc) is 2.36. The Balaban J connectivity index is 2.24. The molecule has 88 valence electrons. The molecule has 1 aromatic carbocycles. The predicted molar refractivity (Wildman–Crippen MR) is 71.5 cm³/mol. The van der Waals surface area contributed by atoms with Gasteiger partial charge in [0.1, 0.15) is 17.2 Å². The fraction of sp³-hybridized carbons (Fsp3) is 0.231. The van der Waals surface area contributed by atoms with Crippen LogP contribution in [0.15, 0.2) is 46.6 Å². The number of nitrogens with one attached hydrogen (secondary N) is 1. The van der Waals surface area contributed by atoms with Crippen molar-refractivity contribution in [1.29, 1.82) is 0 Å². The van der Waals surface area contributed by atoms with Crippen molar-refractivity contribution in [3.8, 4) is 0 Å². The van der Waals surface area contributed by atoms with Crippen LogP contribution in [0.5, 0.6) is 0 Å². The third kappa shape index (κ3) is 2.97. The van der Waals surface area contributed by atoms with Gasteiger partial charge in [-0.05, 0) is 26.0 Å². The third-order valence-corrected chi connectivity index (χ3v) is 3.45. The lowest BCUT2D eigenvalue weighted by Gasteiger charge is -2.09. The number of hydrogen-bond acceptors (Lipinski definition) is 4. The van der Waals surface area contributed by atoms with E-state index in [0.717, 1.165) is 23.0 Å². The van der Waals surface area contributed by atoms with Crippen molar-refractivity contribution in [2.75, 3.05) is 11.9 Å². The van der Waals surface area contributed by atoms with Gasteiger partial charge >= 0.3 is 0 Å². The summed E-state index contributed by atoms with van der Waals surface area (Å²) < 4.78 is 0. The minimum absolute atomic E-state index is 0.868. The van der Waals surface area contributed by atoms with E-state index in [-0.39, 0.29) is 0 Å². The van der Waals surface area contributed by atoms with Gasteiger partial charge in [0.05, 0.1) is 0 Å². The molecule has 0 aliphatic carbocycles. The van der Waals surface area contributed by atoms with E-state index >= 15 is 0 Å². The second-order valence-corrected chi connectivity index (χ2v) is 4.66. The van der Waals surface area contributed by atoms with Crippen molar-refractivity contribution in [3.63, 3.8) is 0 Å². The SMILES string of the molecule is CCNc1ncnc(Sc2ccccc2)c1C. The summed E-state index contributed by atoms with van der Waals surface area (Å²) in [6.45, 7) is 4.97. The van der Waals surface area contributed by atoms with Crippen LogP contribution in [0.25, 0.3) is 0 Å². The first kappa shape index (κ1) is 11.9. The molecular weight excluding hydrogens is 230 g/mol. The smallest absolute Gasteiger partial charge is 0.133 e.